The van der Waals surface area contributed by atoms with E-state index in [0.29, 0.717) is 5.69 Å². The highest BCUT2D eigenvalue weighted by Gasteiger charge is 2.37. The number of rotatable bonds is 4. The van der Waals surface area contributed by atoms with E-state index in [2.05, 4.69) is 14.9 Å². The summed E-state index contributed by atoms with van der Waals surface area (Å²) in [5.41, 5.74) is 0.560. The van der Waals surface area contributed by atoms with Crippen LogP contribution in [-0.2, 0) is 6.54 Å². The number of hydrogen-bond acceptors (Lipinski definition) is 5. The second-order valence-corrected chi connectivity index (χ2v) is 3.19. The molecule has 0 amide bonds. The molecule has 0 aromatic carbocycles. The summed E-state index contributed by atoms with van der Waals surface area (Å²) in [7, 11) is 0. The Morgan fingerprint density at radius 2 is 2.29 bits per heavy atom. The first-order valence-corrected chi connectivity index (χ1v) is 4.55. The van der Waals surface area contributed by atoms with E-state index in [9.17, 15) is 13.2 Å². The van der Waals surface area contributed by atoms with Crippen molar-refractivity contribution < 1.29 is 18.3 Å². The van der Waals surface area contributed by atoms with Gasteiger partial charge < -0.3 is 10.4 Å². The molecule has 1 rings (SSSR count). The van der Waals surface area contributed by atoms with Gasteiger partial charge in [0.15, 0.2) is 6.10 Å². The molecule has 0 saturated heterocycles. The summed E-state index contributed by atoms with van der Waals surface area (Å²) < 4.78 is 38.9. The van der Waals surface area contributed by atoms with Gasteiger partial charge in [-0.1, -0.05) is 4.49 Å². The largest absolute Gasteiger partial charge is 0.415 e. The number of nitrogens with zero attached hydrogens (tertiary/aromatic N) is 2. The van der Waals surface area contributed by atoms with Crippen LogP contribution >= 0.6 is 11.5 Å². The number of aliphatic hydroxyl groups is 1. The maximum atomic E-state index is 11.8. The fourth-order valence-electron chi connectivity index (χ4n) is 0.714. The monoisotopic (exact) mass is 227 g/mol. The molecule has 0 fully saturated rings. The number of hydrogen-bond donors (Lipinski definition) is 2. The van der Waals surface area contributed by atoms with Gasteiger partial charge in [-0.25, -0.2) is 0 Å². The summed E-state index contributed by atoms with van der Waals surface area (Å²) >= 11 is 1.12. The quantitative estimate of drug-likeness (QED) is 0.788. The summed E-state index contributed by atoms with van der Waals surface area (Å²) in [6.45, 7) is -0.370. The molecular weight excluding hydrogens is 219 g/mol. The molecule has 2 N–H and O–H groups in total. The summed E-state index contributed by atoms with van der Waals surface area (Å²) in [6.07, 6.45) is -6.91. The van der Waals surface area contributed by atoms with Crippen molar-refractivity contribution in [2.45, 2.75) is 18.8 Å². The highest BCUT2D eigenvalue weighted by molar-refractivity contribution is 7.03. The standard InChI is InChI=1S/C6H8F3N3OS/c7-6(8,9)5(13)2-10-1-4-3-14-12-11-4/h3,5,10,13H,1-2H2. The lowest BCUT2D eigenvalue weighted by Crippen LogP contribution is -2.38. The van der Waals surface area contributed by atoms with Crippen molar-refractivity contribution >= 4 is 11.5 Å². The Kier molecular flexibility index (Phi) is 3.78. The molecule has 0 aliphatic rings. The van der Waals surface area contributed by atoms with E-state index in [-0.39, 0.29) is 6.54 Å². The van der Waals surface area contributed by atoms with Crippen LogP contribution in [0.15, 0.2) is 5.38 Å². The van der Waals surface area contributed by atoms with Crippen LogP contribution < -0.4 is 5.32 Å². The minimum Gasteiger partial charge on any atom is -0.382 e. The first-order valence-electron chi connectivity index (χ1n) is 3.71. The molecular formula is C6H8F3N3OS. The minimum absolute atomic E-state index is 0.170. The summed E-state index contributed by atoms with van der Waals surface area (Å²) in [4.78, 5) is 0. The van der Waals surface area contributed by atoms with E-state index in [1.165, 1.54) is 0 Å². The van der Waals surface area contributed by atoms with E-state index in [4.69, 9.17) is 5.11 Å². The van der Waals surface area contributed by atoms with Crippen molar-refractivity contribution in [2.75, 3.05) is 6.54 Å². The van der Waals surface area contributed by atoms with Crippen LogP contribution in [0.2, 0.25) is 0 Å². The van der Waals surface area contributed by atoms with Gasteiger partial charge in [0, 0.05) is 18.5 Å². The van der Waals surface area contributed by atoms with Crippen molar-refractivity contribution in [1.82, 2.24) is 14.9 Å². The van der Waals surface area contributed by atoms with E-state index in [0.717, 1.165) is 11.5 Å². The minimum atomic E-state index is -4.58. The Bertz CT molecular complexity index is 264. The van der Waals surface area contributed by atoms with Crippen molar-refractivity contribution in [3.05, 3.63) is 11.1 Å². The Balaban J connectivity index is 2.22. The number of aromatic nitrogens is 2. The van der Waals surface area contributed by atoms with Crippen molar-refractivity contribution in [1.29, 1.82) is 0 Å². The predicted octanol–water partition coefficient (Wildman–Crippen LogP) is 0.551. The molecule has 1 heterocycles. The van der Waals surface area contributed by atoms with Gasteiger partial charge in [-0.05, 0) is 11.5 Å². The van der Waals surface area contributed by atoms with Gasteiger partial charge >= 0.3 is 6.18 Å². The average molecular weight is 227 g/mol. The van der Waals surface area contributed by atoms with Crippen LogP contribution in [0.25, 0.3) is 0 Å². The summed E-state index contributed by atoms with van der Waals surface area (Å²) in [5, 5.41) is 16.3. The van der Waals surface area contributed by atoms with Crippen LogP contribution in [0, 0.1) is 0 Å². The van der Waals surface area contributed by atoms with Gasteiger partial charge in [-0.2, -0.15) is 13.2 Å². The maximum absolute atomic E-state index is 11.8. The van der Waals surface area contributed by atoms with Gasteiger partial charge in [0.25, 0.3) is 0 Å². The SMILES string of the molecule is OC(CNCc1csnn1)C(F)(F)F. The first-order chi connectivity index (χ1) is 6.50. The number of alkyl halides is 3. The molecule has 0 aliphatic heterocycles. The fraction of sp³-hybridized carbons (Fsp3) is 0.667. The fourth-order valence-corrected chi connectivity index (χ4v) is 1.16. The third-order valence-electron chi connectivity index (χ3n) is 1.43. The normalized spacial score (nSPS) is 14.3. The third-order valence-corrected chi connectivity index (χ3v) is 1.98. The van der Waals surface area contributed by atoms with Crippen molar-refractivity contribution in [3.8, 4) is 0 Å². The lowest BCUT2D eigenvalue weighted by molar-refractivity contribution is -0.201. The molecule has 0 aliphatic carbocycles. The molecule has 8 heteroatoms. The number of aliphatic hydroxyl groups excluding tert-OH is 1. The van der Waals surface area contributed by atoms with Crippen molar-refractivity contribution in [2.24, 2.45) is 0 Å². The van der Waals surface area contributed by atoms with E-state index >= 15 is 0 Å². The molecule has 0 spiro atoms. The second kappa shape index (κ2) is 4.67. The molecule has 4 nitrogen and oxygen atoms in total. The smallest absolute Gasteiger partial charge is 0.382 e. The van der Waals surface area contributed by atoms with E-state index < -0.39 is 18.8 Å². The molecule has 1 aromatic rings. The van der Waals surface area contributed by atoms with Gasteiger partial charge in [-0.3, -0.25) is 0 Å². The van der Waals surface area contributed by atoms with Gasteiger partial charge in [0.2, 0.25) is 0 Å². The Morgan fingerprint density at radius 1 is 1.57 bits per heavy atom. The lowest BCUT2D eigenvalue weighted by atomic mass is 10.3. The zero-order valence-corrected chi connectivity index (χ0v) is 7.77. The Hall–Kier alpha value is -0.730. The molecule has 80 valence electrons. The number of nitrogens with one attached hydrogen (secondary N) is 1. The Morgan fingerprint density at radius 3 is 2.79 bits per heavy atom. The molecule has 0 bridgehead atoms. The third kappa shape index (κ3) is 3.56. The van der Waals surface area contributed by atoms with Crippen molar-refractivity contribution in [3.63, 3.8) is 0 Å². The highest BCUT2D eigenvalue weighted by Crippen LogP contribution is 2.19. The number of halogens is 3. The Labute approximate surface area is 81.9 Å². The molecule has 1 atom stereocenters. The average Bonchev–Trinajstić information content (AvgIpc) is 2.55. The van der Waals surface area contributed by atoms with Crippen LogP contribution in [0.4, 0.5) is 13.2 Å². The zero-order chi connectivity index (χ0) is 10.6. The van der Waals surface area contributed by atoms with Gasteiger partial charge in [-0.15, -0.1) is 5.10 Å². The van der Waals surface area contributed by atoms with E-state index in [1.807, 2.05) is 0 Å². The molecule has 0 radical (unpaired) electrons. The summed E-state index contributed by atoms with van der Waals surface area (Å²) in [6, 6.07) is 0. The molecule has 0 saturated carbocycles. The molecule has 14 heavy (non-hydrogen) atoms. The van der Waals surface area contributed by atoms with Crippen LogP contribution in [0.1, 0.15) is 5.69 Å². The maximum Gasteiger partial charge on any atom is 0.415 e. The highest BCUT2D eigenvalue weighted by atomic mass is 32.1. The predicted molar refractivity (Wildman–Crippen MR) is 43.7 cm³/mol. The zero-order valence-electron chi connectivity index (χ0n) is 6.95. The topological polar surface area (TPSA) is 58.0 Å². The van der Waals surface area contributed by atoms with E-state index in [1.54, 1.807) is 5.38 Å². The molecule has 1 unspecified atom stereocenters. The lowest BCUT2D eigenvalue weighted by Gasteiger charge is -2.14. The first kappa shape index (κ1) is 11.3. The van der Waals surface area contributed by atoms with Crippen LogP contribution in [-0.4, -0.2) is 33.5 Å². The van der Waals surface area contributed by atoms with Crippen LogP contribution in [0.5, 0.6) is 0 Å². The van der Waals surface area contributed by atoms with Gasteiger partial charge in [0.1, 0.15) is 0 Å². The van der Waals surface area contributed by atoms with Gasteiger partial charge in [0.05, 0.1) is 5.69 Å². The second-order valence-electron chi connectivity index (χ2n) is 2.58. The molecule has 1 aromatic heterocycles. The summed E-state index contributed by atoms with van der Waals surface area (Å²) in [5.74, 6) is 0. The van der Waals surface area contributed by atoms with Crippen LogP contribution in [0.3, 0.4) is 0 Å².